The van der Waals surface area contributed by atoms with Crippen LogP contribution in [0.4, 0.5) is 0 Å². The first-order chi connectivity index (χ1) is 12.4. The van der Waals surface area contributed by atoms with Crippen LogP contribution in [0.15, 0.2) is 48.0 Å². The van der Waals surface area contributed by atoms with Gasteiger partial charge in [-0.05, 0) is 72.7 Å². The predicted molar refractivity (Wildman–Crippen MR) is 112 cm³/mol. The van der Waals surface area contributed by atoms with Crippen LogP contribution >= 0.6 is 22.6 Å². The topological polar surface area (TPSA) is 62.1 Å². The molecular weight excluding hydrogens is 439 g/mol. The van der Waals surface area contributed by atoms with E-state index in [9.17, 15) is 10.1 Å². The van der Waals surface area contributed by atoms with Crippen molar-refractivity contribution in [1.82, 2.24) is 5.32 Å². The number of nitriles is 1. The number of carbonyl (C=O) groups excluding carboxylic acids is 1. The molecule has 5 heteroatoms. The van der Waals surface area contributed by atoms with E-state index in [0.29, 0.717) is 6.61 Å². The van der Waals surface area contributed by atoms with Crippen molar-refractivity contribution in [2.45, 2.75) is 33.4 Å². The van der Waals surface area contributed by atoms with Crippen LogP contribution in [0.2, 0.25) is 0 Å². The van der Waals surface area contributed by atoms with Gasteiger partial charge in [0.2, 0.25) is 0 Å². The lowest BCUT2D eigenvalue weighted by atomic mass is 10.1. The molecule has 1 N–H and O–H groups in total. The highest BCUT2D eigenvalue weighted by Gasteiger charge is 2.10. The van der Waals surface area contributed by atoms with Crippen molar-refractivity contribution >= 4 is 34.6 Å². The molecule has 2 rings (SSSR count). The number of rotatable bonds is 6. The average Bonchev–Trinajstić information content (AvgIpc) is 2.59. The maximum absolute atomic E-state index is 12.0. The molecule has 0 aromatic heterocycles. The van der Waals surface area contributed by atoms with Crippen LogP contribution in [0.3, 0.4) is 0 Å². The highest BCUT2D eigenvalue weighted by molar-refractivity contribution is 14.1. The molecule has 4 nitrogen and oxygen atoms in total. The predicted octanol–water partition coefficient (Wildman–Crippen LogP) is 4.61. The third-order valence-corrected chi connectivity index (χ3v) is 4.41. The van der Waals surface area contributed by atoms with E-state index in [-0.39, 0.29) is 17.5 Å². The highest BCUT2D eigenvalue weighted by Crippen LogP contribution is 2.24. The van der Waals surface area contributed by atoms with E-state index in [1.807, 2.05) is 50.2 Å². The summed E-state index contributed by atoms with van der Waals surface area (Å²) in [6.07, 6.45) is 1.59. The minimum Gasteiger partial charge on any atom is -0.488 e. The Labute approximate surface area is 168 Å². The lowest BCUT2D eigenvalue weighted by Crippen LogP contribution is -2.30. The highest BCUT2D eigenvalue weighted by atomic mass is 127. The minimum absolute atomic E-state index is 0.0167. The van der Waals surface area contributed by atoms with Crippen molar-refractivity contribution in [3.05, 3.63) is 68.3 Å². The molecular formula is C21H21IN2O2. The smallest absolute Gasteiger partial charge is 0.262 e. The molecule has 0 bridgehead atoms. The largest absolute Gasteiger partial charge is 0.488 e. The third-order valence-electron chi connectivity index (χ3n) is 3.57. The standard InChI is InChI=1S/C21H21IN2O2/c1-14(2)24-21(25)18(12-23)10-17-8-9-20(19(22)11-17)26-13-16-6-4-15(3)5-7-16/h4-11,14H,13H2,1-3H3,(H,24,25)/b18-10-. The molecule has 0 aliphatic carbocycles. The lowest BCUT2D eigenvalue weighted by Gasteiger charge is -2.10. The van der Waals surface area contributed by atoms with Crippen LogP contribution in [0, 0.1) is 21.8 Å². The quantitative estimate of drug-likeness (QED) is 0.389. The zero-order chi connectivity index (χ0) is 19.1. The van der Waals surface area contributed by atoms with Gasteiger partial charge in [0.05, 0.1) is 3.57 Å². The normalized spacial score (nSPS) is 11.2. The Morgan fingerprint density at radius 1 is 1.27 bits per heavy atom. The molecule has 0 aliphatic heterocycles. The Kier molecular flexibility index (Phi) is 7.22. The Morgan fingerprint density at radius 2 is 1.96 bits per heavy atom. The van der Waals surface area contributed by atoms with E-state index in [2.05, 4.69) is 47.0 Å². The molecule has 0 fully saturated rings. The van der Waals surface area contributed by atoms with Gasteiger partial charge in [-0.25, -0.2) is 0 Å². The van der Waals surface area contributed by atoms with Crippen LogP contribution in [0.5, 0.6) is 5.75 Å². The van der Waals surface area contributed by atoms with Gasteiger partial charge in [0.15, 0.2) is 0 Å². The zero-order valence-corrected chi connectivity index (χ0v) is 17.2. The molecule has 0 radical (unpaired) electrons. The number of ether oxygens (including phenoxy) is 1. The Hall–Kier alpha value is -2.33. The first kappa shape index (κ1) is 20.0. The number of aryl methyl sites for hydroxylation is 1. The Bertz CT molecular complexity index is 849. The molecule has 0 aliphatic rings. The van der Waals surface area contributed by atoms with Crippen LogP contribution in [-0.4, -0.2) is 11.9 Å². The molecule has 0 atom stereocenters. The molecule has 2 aromatic carbocycles. The Balaban J connectivity index is 2.10. The number of amides is 1. The van der Waals surface area contributed by atoms with Crippen LogP contribution < -0.4 is 10.1 Å². The van der Waals surface area contributed by atoms with Gasteiger partial charge in [0.25, 0.3) is 5.91 Å². The molecule has 2 aromatic rings. The molecule has 0 heterocycles. The molecule has 1 amide bonds. The summed E-state index contributed by atoms with van der Waals surface area (Å²) in [6, 6.07) is 15.7. The first-order valence-electron chi connectivity index (χ1n) is 8.29. The monoisotopic (exact) mass is 460 g/mol. The van der Waals surface area contributed by atoms with Crippen molar-refractivity contribution in [2.75, 3.05) is 0 Å². The third kappa shape index (κ3) is 5.88. The second-order valence-corrected chi connectivity index (χ2v) is 7.42. The zero-order valence-electron chi connectivity index (χ0n) is 15.0. The summed E-state index contributed by atoms with van der Waals surface area (Å²) >= 11 is 2.19. The van der Waals surface area contributed by atoms with Crippen LogP contribution in [0.1, 0.15) is 30.5 Å². The van der Waals surface area contributed by atoms with Crippen LogP contribution in [-0.2, 0) is 11.4 Å². The van der Waals surface area contributed by atoms with Gasteiger partial charge < -0.3 is 10.1 Å². The van der Waals surface area contributed by atoms with Gasteiger partial charge in [-0.2, -0.15) is 5.26 Å². The Morgan fingerprint density at radius 3 is 2.54 bits per heavy atom. The molecule has 0 saturated carbocycles. The maximum atomic E-state index is 12.0. The van der Waals surface area contributed by atoms with Gasteiger partial charge in [0.1, 0.15) is 24.0 Å². The summed E-state index contributed by atoms with van der Waals surface area (Å²) in [6.45, 7) is 6.26. The fourth-order valence-corrected chi connectivity index (χ4v) is 2.92. The van der Waals surface area contributed by atoms with Gasteiger partial charge in [0, 0.05) is 6.04 Å². The van der Waals surface area contributed by atoms with Gasteiger partial charge in [-0.3, -0.25) is 4.79 Å². The fraction of sp³-hybridized carbons (Fsp3) is 0.238. The summed E-state index contributed by atoms with van der Waals surface area (Å²) in [5.41, 5.74) is 3.19. The van der Waals surface area contributed by atoms with E-state index in [4.69, 9.17) is 4.74 Å². The van der Waals surface area contributed by atoms with Crippen molar-refractivity contribution < 1.29 is 9.53 Å². The second kappa shape index (κ2) is 9.39. The summed E-state index contributed by atoms with van der Waals surface area (Å²) in [5, 5.41) is 11.9. The lowest BCUT2D eigenvalue weighted by molar-refractivity contribution is -0.117. The van der Waals surface area contributed by atoms with Gasteiger partial charge in [-0.1, -0.05) is 35.9 Å². The molecule has 0 spiro atoms. The SMILES string of the molecule is Cc1ccc(COc2ccc(/C=C(/C#N)C(=O)NC(C)C)cc2I)cc1. The van der Waals surface area contributed by atoms with Crippen molar-refractivity contribution in [3.63, 3.8) is 0 Å². The summed E-state index contributed by atoms with van der Waals surface area (Å²) < 4.78 is 6.80. The van der Waals surface area contributed by atoms with Crippen LogP contribution in [0.25, 0.3) is 6.08 Å². The average molecular weight is 460 g/mol. The number of nitrogens with one attached hydrogen (secondary N) is 1. The number of carbonyl (C=O) groups is 1. The van der Waals surface area contributed by atoms with E-state index in [1.165, 1.54) is 5.56 Å². The van der Waals surface area contributed by atoms with Crippen molar-refractivity contribution in [2.24, 2.45) is 0 Å². The van der Waals surface area contributed by atoms with E-state index < -0.39 is 0 Å². The fourth-order valence-electron chi connectivity index (χ4n) is 2.22. The number of hydrogen-bond acceptors (Lipinski definition) is 3. The van der Waals surface area contributed by atoms with Gasteiger partial charge >= 0.3 is 0 Å². The van der Waals surface area contributed by atoms with Crippen molar-refractivity contribution in [3.8, 4) is 11.8 Å². The number of nitrogens with zero attached hydrogens (tertiary/aromatic N) is 1. The minimum atomic E-state index is -0.364. The molecule has 26 heavy (non-hydrogen) atoms. The number of benzene rings is 2. The summed E-state index contributed by atoms with van der Waals surface area (Å²) in [7, 11) is 0. The number of halogens is 1. The molecule has 0 saturated heterocycles. The van der Waals surface area contributed by atoms with E-state index in [0.717, 1.165) is 20.4 Å². The van der Waals surface area contributed by atoms with Crippen molar-refractivity contribution in [1.29, 1.82) is 5.26 Å². The van der Waals surface area contributed by atoms with E-state index in [1.54, 1.807) is 6.08 Å². The second-order valence-electron chi connectivity index (χ2n) is 6.26. The molecule has 0 unspecified atom stereocenters. The molecule has 134 valence electrons. The van der Waals surface area contributed by atoms with E-state index >= 15 is 0 Å². The first-order valence-corrected chi connectivity index (χ1v) is 9.37. The summed E-state index contributed by atoms with van der Waals surface area (Å²) in [4.78, 5) is 12.0. The number of hydrogen-bond donors (Lipinski definition) is 1. The maximum Gasteiger partial charge on any atom is 0.262 e. The summed E-state index contributed by atoms with van der Waals surface area (Å²) in [5.74, 6) is 0.408. The van der Waals surface area contributed by atoms with Gasteiger partial charge in [-0.15, -0.1) is 0 Å².